The van der Waals surface area contributed by atoms with Crippen LogP contribution in [0, 0.1) is 12.7 Å². The molecular weight excluding hydrogens is 405 g/mol. The Morgan fingerprint density at radius 1 is 1.06 bits per heavy atom. The Morgan fingerprint density at radius 3 is 2.69 bits per heavy atom. The fraction of sp³-hybridized carbons (Fsp3) is 0.154. The number of nitrogens with one attached hydrogen (secondary N) is 2. The van der Waals surface area contributed by atoms with E-state index in [1.165, 1.54) is 17.7 Å². The molecule has 3 aromatic carbocycles. The quantitative estimate of drug-likeness (QED) is 0.456. The van der Waals surface area contributed by atoms with Crippen molar-refractivity contribution in [1.29, 1.82) is 0 Å². The first-order chi connectivity index (χ1) is 15.5. The number of benzene rings is 3. The van der Waals surface area contributed by atoms with Crippen LogP contribution in [0.2, 0.25) is 0 Å². The van der Waals surface area contributed by atoms with Crippen molar-refractivity contribution in [2.45, 2.75) is 19.8 Å². The van der Waals surface area contributed by atoms with Gasteiger partial charge in [-0.3, -0.25) is 9.59 Å². The summed E-state index contributed by atoms with van der Waals surface area (Å²) in [6.07, 6.45) is 3.83. The molecule has 6 heteroatoms. The van der Waals surface area contributed by atoms with Crippen molar-refractivity contribution in [1.82, 2.24) is 4.98 Å². The zero-order valence-electron chi connectivity index (χ0n) is 17.6. The second kappa shape index (κ2) is 7.96. The van der Waals surface area contributed by atoms with E-state index < -0.39 is 5.82 Å². The second-order valence-corrected chi connectivity index (χ2v) is 8.06. The molecule has 2 amide bonds. The number of aromatic nitrogens is 1. The second-order valence-electron chi connectivity index (χ2n) is 8.06. The van der Waals surface area contributed by atoms with E-state index in [9.17, 15) is 14.0 Å². The lowest BCUT2D eigenvalue weighted by molar-refractivity contribution is 0.0986. The number of H-pyrrole nitrogens is 1. The van der Waals surface area contributed by atoms with Gasteiger partial charge in [0.15, 0.2) is 0 Å². The van der Waals surface area contributed by atoms with Crippen LogP contribution in [-0.4, -0.2) is 23.3 Å². The average molecular weight is 427 g/mol. The molecule has 2 heterocycles. The number of rotatable bonds is 3. The van der Waals surface area contributed by atoms with Crippen molar-refractivity contribution in [2.75, 3.05) is 16.8 Å². The molecule has 32 heavy (non-hydrogen) atoms. The maximum atomic E-state index is 13.5. The lowest BCUT2D eigenvalue weighted by atomic mass is 10.1. The minimum atomic E-state index is -0.459. The number of carbonyl (C=O) groups excluding carboxylic acids is 2. The molecule has 0 radical (unpaired) electrons. The zero-order valence-corrected chi connectivity index (χ0v) is 17.6. The van der Waals surface area contributed by atoms with Crippen LogP contribution in [0.15, 0.2) is 66.9 Å². The number of nitrogens with zero attached hydrogens (tertiary/aromatic N) is 1. The molecule has 0 atom stereocenters. The highest BCUT2D eigenvalue weighted by atomic mass is 19.1. The fourth-order valence-corrected chi connectivity index (χ4v) is 4.31. The molecule has 1 aromatic heterocycles. The molecule has 0 saturated carbocycles. The molecule has 0 spiro atoms. The average Bonchev–Trinajstić information content (AvgIpc) is 3.12. The normalized spacial score (nSPS) is 13.1. The highest BCUT2D eigenvalue weighted by molar-refractivity contribution is 6.12. The number of amides is 2. The number of carbonyl (C=O) groups is 2. The lowest BCUT2D eigenvalue weighted by Crippen LogP contribution is -2.31. The van der Waals surface area contributed by atoms with Gasteiger partial charge < -0.3 is 15.2 Å². The van der Waals surface area contributed by atoms with Crippen LogP contribution >= 0.6 is 0 Å². The Hall–Kier alpha value is -3.93. The van der Waals surface area contributed by atoms with Crippen LogP contribution in [0.5, 0.6) is 0 Å². The van der Waals surface area contributed by atoms with Crippen LogP contribution in [-0.2, 0) is 6.42 Å². The van der Waals surface area contributed by atoms with E-state index in [-0.39, 0.29) is 17.4 Å². The molecule has 5 nitrogen and oxygen atoms in total. The Balaban J connectivity index is 1.38. The van der Waals surface area contributed by atoms with Crippen molar-refractivity contribution in [2.24, 2.45) is 0 Å². The first-order valence-electron chi connectivity index (χ1n) is 10.6. The Morgan fingerprint density at radius 2 is 1.88 bits per heavy atom. The van der Waals surface area contributed by atoms with Gasteiger partial charge in [0.1, 0.15) is 5.82 Å². The van der Waals surface area contributed by atoms with Crippen LogP contribution < -0.4 is 10.2 Å². The summed E-state index contributed by atoms with van der Waals surface area (Å²) in [6.45, 7) is 2.40. The number of aryl methyl sites for hydroxylation is 2. The smallest absolute Gasteiger partial charge is 0.258 e. The summed E-state index contributed by atoms with van der Waals surface area (Å²) in [7, 11) is 0. The summed E-state index contributed by atoms with van der Waals surface area (Å²) >= 11 is 0. The summed E-state index contributed by atoms with van der Waals surface area (Å²) in [5, 5.41) is 3.88. The first kappa shape index (κ1) is 20.0. The maximum absolute atomic E-state index is 13.5. The number of hydrogen-bond donors (Lipinski definition) is 2. The van der Waals surface area contributed by atoms with Gasteiger partial charge in [-0.1, -0.05) is 12.1 Å². The van der Waals surface area contributed by atoms with E-state index in [0.29, 0.717) is 23.4 Å². The van der Waals surface area contributed by atoms with Crippen molar-refractivity contribution >= 4 is 34.1 Å². The van der Waals surface area contributed by atoms with Gasteiger partial charge in [0, 0.05) is 40.5 Å². The molecule has 0 fully saturated rings. The van der Waals surface area contributed by atoms with Gasteiger partial charge in [0.2, 0.25) is 0 Å². The first-order valence-corrected chi connectivity index (χ1v) is 10.6. The zero-order chi connectivity index (χ0) is 22.2. The van der Waals surface area contributed by atoms with E-state index in [0.717, 1.165) is 29.4 Å². The molecule has 160 valence electrons. The Bertz CT molecular complexity index is 1340. The van der Waals surface area contributed by atoms with Gasteiger partial charge in [-0.15, -0.1) is 0 Å². The number of hydrogen-bond acceptors (Lipinski definition) is 2. The molecule has 5 rings (SSSR count). The lowest BCUT2D eigenvalue weighted by Gasteiger charge is -2.22. The number of anilines is 2. The van der Waals surface area contributed by atoms with Crippen molar-refractivity contribution in [3.63, 3.8) is 0 Å². The van der Waals surface area contributed by atoms with E-state index in [1.807, 2.05) is 29.3 Å². The standard InChI is InChI=1S/C26H22FN3O2/c1-16-7-10-19(27)14-21(16)25(31)29-20-11-8-17(9-12-20)26(32)30-13-3-4-18-15-28-22-5-2-6-23(30)24(18)22/h2,5-12,14-15,28H,3-4,13H2,1H3,(H,29,31). The van der Waals surface area contributed by atoms with Crippen LogP contribution in [0.25, 0.3) is 10.9 Å². The van der Waals surface area contributed by atoms with Crippen LogP contribution in [0.4, 0.5) is 15.8 Å². The van der Waals surface area contributed by atoms with Gasteiger partial charge in [-0.2, -0.15) is 0 Å². The van der Waals surface area contributed by atoms with Crippen LogP contribution in [0.3, 0.4) is 0 Å². The van der Waals surface area contributed by atoms with Crippen molar-refractivity contribution in [3.8, 4) is 0 Å². The predicted molar refractivity (Wildman–Crippen MR) is 124 cm³/mol. The number of halogens is 1. The molecule has 4 aromatic rings. The van der Waals surface area contributed by atoms with Gasteiger partial charge in [-0.25, -0.2) is 4.39 Å². The summed E-state index contributed by atoms with van der Waals surface area (Å²) in [5.41, 5.74) is 5.24. The molecule has 2 N–H and O–H groups in total. The van der Waals surface area contributed by atoms with E-state index >= 15 is 0 Å². The predicted octanol–water partition coefficient (Wildman–Crippen LogP) is 5.46. The van der Waals surface area contributed by atoms with Gasteiger partial charge in [0.25, 0.3) is 11.8 Å². The molecule has 1 aliphatic heterocycles. The molecule has 1 aliphatic rings. The molecule has 0 bridgehead atoms. The largest absolute Gasteiger partial charge is 0.361 e. The van der Waals surface area contributed by atoms with E-state index in [4.69, 9.17) is 0 Å². The third-order valence-electron chi connectivity index (χ3n) is 5.96. The van der Waals surface area contributed by atoms with Crippen molar-refractivity contribution in [3.05, 3.63) is 94.9 Å². The monoisotopic (exact) mass is 427 g/mol. The topological polar surface area (TPSA) is 65.2 Å². The van der Waals surface area contributed by atoms with Gasteiger partial charge in [0.05, 0.1) is 5.69 Å². The SMILES string of the molecule is Cc1ccc(F)cc1C(=O)Nc1ccc(C(=O)N2CCCc3c[nH]c4cccc2c34)cc1. The fourth-order valence-electron chi connectivity index (χ4n) is 4.31. The molecule has 0 saturated heterocycles. The third-order valence-corrected chi connectivity index (χ3v) is 5.96. The van der Waals surface area contributed by atoms with Crippen LogP contribution in [0.1, 0.15) is 38.3 Å². The minimum absolute atomic E-state index is 0.0783. The van der Waals surface area contributed by atoms with E-state index in [2.05, 4.69) is 10.3 Å². The molecular formula is C26H22FN3O2. The molecule has 0 aliphatic carbocycles. The maximum Gasteiger partial charge on any atom is 0.258 e. The third kappa shape index (κ3) is 3.54. The highest BCUT2D eigenvalue weighted by Gasteiger charge is 2.24. The minimum Gasteiger partial charge on any atom is -0.361 e. The summed E-state index contributed by atoms with van der Waals surface area (Å²) in [4.78, 5) is 31.0. The summed E-state index contributed by atoms with van der Waals surface area (Å²) < 4.78 is 13.5. The van der Waals surface area contributed by atoms with E-state index in [1.54, 1.807) is 37.3 Å². The number of aromatic amines is 1. The highest BCUT2D eigenvalue weighted by Crippen LogP contribution is 2.34. The van der Waals surface area contributed by atoms with Gasteiger partial charge in [-0.05, 0) is 79.4 Å². The van der Waals surface area contributed by atoms with Crippen molar-refractivity contribution < 1.29 is 14.0 Å². The Kier molecular flexibility index (Phi) is 4.98. The summed E-state index contributed by atoms with van der Waals surface area (Å²) in [6, 6.07) is 16.9. The van der Waals surface area contributed by atoms with Gasteiger partial charge >= 0.3 is 0 Å². The Labute approximate surface area is 184 Å². The molecule has 0 unspecified atom stereocenters. The summed E-state index contributed by atoms with van der Waals surface area (Å²) in [5.74, 6) is -0.926.